The number of Topliss-reactive ketones (excluding diaryl/α,β-unsaturated/α-hetero) is 1. The highest BCUT2D eigenvalue weighted by Gasteiger charge is 2.32. The minimum absolute atomic E-state index is 0.0791. The fourth-order valence-electron chi connectivity index (χ4n) is 2.40. The topological polar surface area (TPSA) is 38.3 Å². The smallest absolute Gasteiger partial charge is 0.146 e. The second-order valence-corrected chi connectivity index (χ2v) is 8.50. The van der Waals surface area contributed by atoms with Crippen molar-refractivity contribution < 1.29 is 9.53 Å². The predicted octanol–water partition coefficient (Wildman–Crippen LogP) is 6.21. The molecular formula is C20H21Cl2NO2S. The second kappa shape index (κ2) is 8.85. The minimum Gasteiger partial charge on any atom is -0.497 e. The number of anilines is 1. The summed E-state index contributed by atoms with van der Waals surface area (Å²) in [5.41, 5.74) is 1.82. The number of benzene rings is 2. The van der Waals surface area contributed by atoms with Crippen molar-refractivity contribution in [1.29, 1.82) is 0 Å². The molecule has 0 heterocycles. The van der Waals surface area contributed by atoms with Crippen molar-refractivity contribution in [3.63, 3.8) is 0 Å². The molecule has 0 aromatic heterocycles. The van der Waals surface area contributed by atoms with Crippen LogP contribution >= 0.6 is 35.0 Å². The summed E-state index contributed by atoms with van der Waals surface area (Å²) in [6.07, 6.45) is 0.582. The van der Waals surface area contributed by atoms with Gasteiger partial charge in [0.15, 0.2) is 0 Å². The summed E-state index contributed by atoms with van der Waals surface area (Å²) in [7, 11) is 1.63. The zero-order valence-electron chi connectivity index (χ0n) is 14.9. The Morgan fingerprint density at radius 1 is 1.19 bits per heavy atom. The molecule has 3 nitrogen and oxygen atoms in total. The quantitative estimate of drug-likeness (QED) is 0.562. The van der Waals surface area contributed by atoms with Crippen LogP contribution in [-0.2, 0) is 11.2 Å². The van der Waals surface area contributed by atoms with Crippen LogP contribution in [0.5, 0.6) is 5.75 Å². The first-order chi connectivity index (χ1) is 12.2. The van der Waals surface area contributed by atoms with Crippen LogP contribution in [0.2, 0.25) is 10.0 Å². The van der Waals surface area contributed by atoms with Gasteiger partial charge in [-0.25, -0.2) is 0 Å². The zero-order valence-corrected chi connectivity index (χ0v) is 17.3. The number of thioether (sulfide) groups is 1. The van der Waals surface area contributed by atoms with Gasteiger partial charge in [-0.2, -0.15) is 0 Å². The SMILES string of the molecule is C=C(Nc1ccc(Cl)c(Cl)c1)SC(C)(Cc1ccc(OC)cc1)C(C)=O. The van der Waals surface area contributed by atoms with Crippen molar-refractivity contribution >= 4 is 46.4 Å². The van der Waals surface area contributed by atoms with Gasteiger partial charge in [-0.05, 0) is 56.2 Å². The first kappa shape index (κ1) is 20.7. The van der Waals surface area contributed by atoms with E-state index in [1.807, 2.05) is 37.3 Å². The summed E-state index contributed by atoms with van der Waals surface area (Å²) in [6.45, 7) is 7.56. The van der Waals surface area contributed by atoms with Crippen molar-refractivity contribution in [3.05, 3.63) is 69.7 Å². The molecule has 0 radical (unpaired) electrons. The van der Waals surface area contributed by atoms with Gasteiger partial charge in [0.05, 0.1) is 26.9 Å². The first-order valence-electron chi connectivity index (χ1n) is 7.97. The summed E-state index contributed by atoms with van der Waals surface area (Å²) in [4.78, 5) is 12.3. The van der Waals surface area contributed by atoms with Crippen molar-refractivity contribution in [1.82, 2.24) is 0 Å². The van der Waals surface area contributed by atoms with Crippen LogP contribution in [0, 0.1) is 0 Å². The molecule has 1 atom stereocenters. The van der Waals surface area contributed by atoms with Gasteiger partial charge < -0.3 is 10.1 Å². The Morgan fingerprint density at radius 2 is 1.85 bits per heavy atom. The van der Waals surface area contributed by atoms with Gasteiger partial charge in [0.25, 0.3) is 0 Å². The molecule has 0 aliphatic rings. The highest BCUT2D eigenvalue weighted by atomic mass is 35.5. The highest BCUT2D eigenvalue weighted by molar-refractivity contribution is 8.05. The third-order valence-electron chi connectivity index (χ3n) is 4.00. The number of hydrogen-bond acceptors (Lipinski definition) is 4. The predicted molar refractivity (Wildman–Crippen MR) is 113 cm³/mol. The summed E-state index contributed by atoms with van der Waals surface area (Å²) in [6, 6.07) is 13.0. The maximum Gasteiger partial charge on any atom is 0.146 e. The molecule has 0 fully saturated rings. The van der Waals surface area contributed by atoms with Crippen LogP contribution in [0.4, 0.5) is 5.69 Å². The van der Waals surface area contributed by atoms with Crippen LogP contribution in [-0.4, -0.2) is 17.6 Å². The van der Waals surface area contributed by atoms with E-state index < -0.39 is 4.75 Å². The molecule has 138 valence electrons. The van der Waals surface area contributed by atoms with E-state index in [4.69, 9.17) is 27.9 Å². The molecule has 26 heavy (non-hydrogen) atoms. The van der Waals surface area contributed by atoms with Crippen molar-refractivity contribution in [3.8, 4) is 5.75 Å². The Bertz CT molecular complexity index is 808. The molecule has 0 aliphatic carbocycles. The Morgan fingerprint density at radius 3 is 2.38 bits per heavy atom. The van der Waals surface area contributed by atoms with Gasteiger partial charge in [-0.3, -0.25) is 4.79 Å². The van der Waals surface area contributed by atoms with Crippen LogP contribution in [0.25, 0.3) is 0 Å². The molecule has 0 spiro atoms. The van der Waals surface area contributed by atoms with Gasteiger partial charge in [0, 0.05) is 5.69 Å². The molecule has 1 N–H and O–H groups in total. The molecule has 0 bridgehead atoms. The number of halogens is 2. The lowest BCUT2D eigenvalue weighted by molar-refractivity contribution is -0.118. The lowest BCUT2D eigenvalue weighted by atomic mass is 9.97. The summed E-state index contributed by atoms with van der Waals surface area (Å²) in [5.74, 6) is 0.868. The van der Waals surface area contributed by atoms with Crippen molar-refractivity contribution in [2.24, 2.45) is 0 Å². The molecular weight excluding hydrogens is 389 g/mol. The second-order valence-electron chi connectivity index (χ2n) is 6.09. The van der Waals surface area contributed by atoms with Crippen LogP contribution in [0.3, 0.4) is 0 Å². The minimum atomic E-state index is -0.644. The van der Waals surface area contributed by atoms with Gasteiger partial charge in [0.2, 0.25) is 0 Å². The molecule has 2 aromatic rings. The summed E-state index contributed by atoms with van der Waals surface area (Å²) >= 11 is 13.4. The van der Waals surface area contributed by atoms with Gasteiger partial charge in [-0.1, -0.05) is 53.7 Å². The van der Waals surface area contributed by atoms with Crippen LogP contribution < -0.4 is 10.1 Å². The van der Waals surface area contributed by atoms with Crippen molar-refractivity contribution in [2.75, 3.05) is 12.4 Å². The van der Waals surface area contributed by atoms with Crippen molar-refractivity contribution in [2.45, 2.75) is 25.0 Å². The van der Waals surface area contributed by atoms with Crippen LogP contribution in [0.1, 0.15) is 19.4 Å². The number of hydrogen-bond donors (Lipinski definition) is 1. The fourth-order valence-corrected chi connectivity index (χ4v) is 3.79. The van der Waals surface area contributed by atoms with E-state index in [1.54, 1.807) is 26.2 Å². The Balaban J connectivity index is 2.10. The Kier molecular flexibility index (Phi) is 7.04. The monoisotopic (exact) mass is 409 g/mol. The Hall–Kier alpha value is -1.62. The van der Waals surface area contributed by atoms with E-state index in [0.29, 0.717) is 21.5 Å². The van der Waals surface area contributed by atoms with E-state index in [1.165, 1.54) is 11.8 Å². The van der Waals surface area contributed by atoms with E-state index in [9.17, 15) is 4.79 Å². The molecule has 0 saturated heterocycles. The van der Waals surface area contributed by atoms with Gasteiger partial charge >= 0.3 is 0 Å². The van der Waals surface area contributed by atoms with Crippen LogP contribution in [0.15, 0.2) is 54.1 Å². The maximum atomic E-state index is 12.3. The van der Waals surface area contributed by atoms with Gasteiger partial charge in [-0.15, -0.1) is 0 Å². The fraction of sp³-hybridized carbons (Fsp3) is 0.250. The number of ether oxygens (including phenoxy) is 1. The van der Waals surface area contributed by atoms with E-state index in [0.717, 1.165) is 17.0 Å². The lowest BCUT2D eigenvalue weighted by Gasteiger charge is -2.27. The third-order valence-corrected chi connectivity index (χ3v) is 5.97. The number of carbonyl (C=O) groups excluding carboxylic acids is 1. The molecule has 0 aliphatic heterocycles. The normalized spacial score (nSPS) is 13.0. The molecule has 6 heteroatoms. The summed E-state index contributed by atoms with van der Waals surface area (Å²) in [5, 5.41) is 4.79. The molecule has 0 amide bonds. The highest BCUT2D eigenvalue weighted by Crippen LogP contribution is 2.36. The maximum absolute atomic E-state index is 12.3. The number of nitrogens with one attached hydrogen (secondary N) is 1. The largest absolute Gasteiger partial charge is 0.497 e. The first-order valence-corrected chi connectivity index (χ1v) is 9.55. The van der Waals surface area contributed by atoms with E-state index in [-0.39, 0.29) is 5.78 Å². The molecule has 0 saturated carbocycles. The number of methoxy groups -OCH3 is 1. The number of rotatable bonds is 8. The zero-order chi connectivity index (χ0) is 19.3. The number of carbonyl (C=O) groups is 1. The van der Waals surface area contributed by atoms with E-state index in [2.05, 4.69) is 11.9 Å². The molecule has 1 unspecified atom stereocenters. The average Bonchev–Trinajstić information content (AvgIpc) is 2.58. The van der Waals surface area contributed by atoms with E-state index >= 15 is 0 Å². The average molecular weight is 410 g/mol. The van der Waals surface area contributed by atoms with Gasteiger partial charge in [0.1, 0.15) is 11.5 Å². The Labute approximate surface area is 168 Å². The third kappa shape index (κ3) is 5.44. The molecule has 2 rings (SSSR count). The number of ketones is 1. The molecule has 2 aromatic carbocycles. The lowest BCUT2D eigenvalue weighted by Crippen LogP contribution is -2.32. The summed E-state index contributed by atoms with van der Waals surface area (Å²) < 4.78 is 4.54. The standard InChI is InChI=1S/C20H21Cl2NO2S/c1-13(24)20(3,12-15-5-8-17(25-4)9-6-15)26-14(2)23-16-7-10-18(21)19(22)11-16/h5-11,23H,2,12H2,1,3-4H3.